The average Bonchev–Trinajstić information content (AvgIpc) is 2.93. The molecule has 0 N–H and O–H groups in total. The standard InChI is InChI=1S/2C18H30O2.Fe/c2*1-2-3-4-5-6-7-8-9-10-11-12-13-14-15-16-17-18(19)20;/h2*5-10H,2-4,11-17H2,1H3,(H,19,20);/q;;+2/p-2. The fourth-order valence-electron chi connectivity index (χ4n) is 3.72. The predicted octanol–water partition coefficient (Wildman–Crippen LogP) is 8.65. The maximum absolute atomic E-state index is 10.2. The van der Waals surface area contributed by atoms with Gasteiger partial charge < -0.3 is 19.8 Å². The number of hydrogen-bond donors (Lipinski definition) is 0. The van der Waals surface area contributed by atoms with E-state index in [1.165, 1.54) is 64.2 Å². The molecule has 234 valence electrons. The first kappa shape index (κ1) is 43.4. The molecule has 0 aromatic carbocycles. The van der Waals surface area contributed by atoms with Crippen molar-refractivity contribution in [1.29, 1.82) is 0 Å². The third kappa shape index (κ3) is 48.0. The second-order valence-corrected chi connectivity index (χ2v) is 10.1. The number of carbonyl (C=O) groups is 2. The Morgan fingerprint density at radius 2 is 0.683 bits per heavy atom. The van der Waals surface area contributed by atoms with Crippen LogP contribution < -0.4 is 10.2 Å². The van der Waals surface area contributed by atoms with Crippen LogP contribution in [0.3, 0.4) is 0 Å². The van der Waals surface area contributed by atoms with Gasteiger partial charge in [-0.1, -0.05) is 151 Å². The molecule has 0 saturated heterocycles. The van der Waals surface area contributed by atoms with Crippen molar-refractivity contribution in [3.8, 4) is 0 Å². The normalized spacial score (nSPS) is 11.8. The molecular weight excluding hydrogens is 552 g/mol. The summed E-state index contributed by atoms with van der Waals surface area (Å²) >= 11 is 0. The zero-order chi connectivity index (χ0) is 29.8. The van der Waals surface area contributed by atoms with Crippen LogP contribution in [0.15, 0.2) is 72.9 Å². The molecule has 0 aromatic heterocycles. The SMILES string of the molecule is CCCCC=CC=CC=CCCCCCCCC(=O)[O-].CCCCC=CC=CC=CCCCCCCCC(=O)[O-].[Fe+2]. The van der Waals surface area contributed by atoms with Crippen LogP contribution in [0.1, 0.15) is 142 Å². The molecule has 41 heavy (non-hydrogen) atoms. The summed E-state index contributed by atoms with van der Waals surface area (Å²) in [4.78, 5) is 20.4. The molecule has 0 aliphatic rings. The van der Waals surface area contributed by atoms with Crippen LogP contribution in [0.2, 0.25) is 0 Å². The summed E-state index contributed by atoms with van der Waals surface area (Å²) in [5.41, 5.74) is 0. The van der Waals surface area contributed by atoms with Crippen LogP contribution in [-0.4, -0.2) is 11.9 Å². The summed E-state index contributed by atoms with van der Waals surface area (Å²) in [5.74, 6) is -1.85. The van der Waals surface area contributed by atoms with Gasteiger partial charge >= 0.3 is 17.1 Å². The van der Waals surface area contributed by atoms with Gasteiger partial charge in [0, 0.05) is 11.9 Å². The molecule has 0 unspecified atom stereocenters. The third-order valence-electron chi connectivity index (χ3n) is 6.16. The summed E-state index contributed by atoms with van der Waals surface area (Å²) in [5, 5.41) is 20.4. The zero-order valence-corrected chi connectivity index (χ0v) is 27.2. The summed E-state index contributed by atoms with van der Waals surface area (Å²) in [6, 6.07) is 0. The van der Waals surface area contributed by atoms with E-state index >= 15 is 0 Å². The molecule has 0 aromatic rings. The summed E-state index contributed by atoms with van der Waals surface area (Å²) in [6.45, 7) is 4.41. The Labute approximate surface area is 263 Å². The first-order chi connectivity index (χ1) is 19.5. The smallest absolute Gasteiger partial charge is 0.550 e. The van der Waals surface area contributed by atoms with E-state index in [0.717, 1.165) is 51.4 Å². The Morgan fingerprint density at radius 3 is 0.976 bits per heavy atom. The molecule has 0 aliphatic carbocycles. The predicted molar refractivity (Wildman–Crippen MR) is 169 cm³/mol. The maximum Gasteiger partial charge on any atom is 2.00 e. The quantitative estimate of drug-likeness (QED) is 0.0558. The number of carboxylic acids is 2. The van der Waals surface area contributed by atoms with Gasteiger partial charge in [0.05, 0.1) is 0 Å². The van der Waals surface area contributed by atoms with Crippen molar-refractivity contribution in [3.05, 3.63) is 72.9 Å². The van der Waals surface area contributed by atoms with Crippen LogP contribution >= 0.6 is 0 Å². The molecule has 5 heteroatoms. The second-order valence-electron chi connectivity index (χ2n) is 10.1. The van der Waals surface area contributed by atoms with Crippen LogP contribution in [0.4, 0.5) is 0 Å². The second kappa shape index (κ2) is 40.0. The number of carboxylic acid groups (broad SMARTS) is 2. The molecule has 0 heterocycles. The van der Waals surface area contributed by atoms with Gasteiger partial charge in [-0.25, -0.2) is 0 Å². The first-order valence-electron chi connectivity index (χ1n) is 15.9. The van der Waals surface area contributed by atoms with E-state index in [-0.39, 0.29) is 29.9 Å². The third-order valence-corrected chi connectivity index (χ3v) is 6.16. The molecule has 0 radical (unpaired) electrons. The van der Waals surface area contributed by atoms with E-state index in [2.05, 4.69) is 86.8 Å². The summed E-state index contributed by atoms with van der Waals surface area (Å²) in [6.07, 6.45) is 46.0. The Morgan fingerprint density at radius 1 is 0.415 bits per heavy atom. The number of hydrogen-bond acceptors (Lipinski definition) is 4. The minimum atomic E-state index is -0.927. The van der Waals surface area contributed by atoms with Crippen molar-refractivity contribution in [2.45, 2.75) is 142 Å². The van der Waals surface area contributed by atoms with E-state index in [0.29, 0.717) is 0 Å². The largest absolute Gasteiger partial charge is 2.00 e. The fraction of sp³-hybridized carbons (Fsp3) is 0.611. The number of aliphatic carboxylic acids is 2. The monoisotopic (exact) mass is 610 g/mol. The minimum absolute atomic E-state index is 0. The molecule has 0 atom stereocenters. The molecule has 0 rings (SSSR count). The Balaban J connectivity index is -0.000000688. The van der Waals surface area contributed by atoms with E-state index < -0.39 is 11.9 Å². The number of rotatable bonds is 26. The van der Waals surface area contributed by atoms with Crippen LogP contribution in [0.5, 0.6) is 0 Å². The molecule has 0 bridgehead atoms. The Kier molecular flexibility index (Phi) is 42.3. The van der Waals surface area contributed by atoms with Crippen LogP contribution in [-0.2, 0) is 26.7 Å². The van der Waals surface area contributed by atoms with Gasteiger partial charge in [0.15, 0.2) is 0 Å². The molecule has 0 amide bonds. The molecule has 0 spiro atoms. The Hall–Kier alpha value is -2.10. The van der Waals surface area contributed by atoms with Gasteiger partial charge in [-0.2, -0.15) is 0 Å². The van der Waals surface area contributed by atoms with E-state index in [1.54, 1.807) is 0 Å². The summed E-state index contributed by atoms with van der Waals surface area (Å²) < 4.78 is 0. The summed E-state index contributed by atoms with van der Waals surface area (Å²) in [7, 11) is 0. The van der Waals surface area contributed by atoms with Gasteiger partial charge in [0.1, 0.15) is 0 Å². The maximum atomic E-state index is 10.2. The molecule has 0 saturated carbocycles. The molecule has 0 aliphatic heterocycles. The van der Waals surface area contributed by atoms with Crippen molar-refractivity contribution >= 4 is 11.9 Å². The molecule has 4 nitrogen and oxygen atoms in total. The molecule has 0 fully saturated rings. The van der Waals surface area contributed by atoms with Crippen LogP contribution in [0, 0.1) is 0 Å². The minimum Gasteiger partial charge on any atom is -0.550 e. The van der Waals surface area contributed by atoms with E-state index in [1.807, 2.05) is 0 Å². The first-order valence-corrected chi connectivity index (χ1v) is 15.9. The van der Waals surface area contributed by atoms with Gasteiger partial charge in [-0.3, -0.25) is 0 Å². The van der Waals surface area contributed by atoms with E-state index in [9.17, 15) is 19.8 Å². The fourth-order valence-corrected chi connectivity index (χ4v) is 3.72. The number of unbranched alkanes of at least 4 members (excludes halogenated alkanes) is 14. The van der Waals surface area contributed by atoms with Gasteiger partial charge in [-0.15, -0.1) is 0 Å². The topological polar surface area (TPSA) is 80.3 Å². The zero-order valence-electron chi connectivity index (χ0n) is 26.1. The van der Waals surface area contributed by atoms with Gasteiger partial charge in [0.25, 0.3) is 0 Å². The van der Waals surface area contributed by atoms with Crippen molar-refractivity contribution < 1.29 is 36.9 Å². The molecular formula is C36H58FeO4. The number of carbonyl (C=O) groups excluding carboxylic acids is 2. The van der Waals surface area contributed by atoms with Gasteiger partial charge in [0.2, 0.25) is 0 Å². The Bertz CT molecular complexity index is 670. The van der Waals surface area contributed by atoms with Crippen LogP contribution in [0.25, 0.3) is 0 Å². The van der Waals surface area contributed by atoms with Crippen molar-refractivity contribution in [3.63, 3.8) is 0 Å². The average molecular weight is 611 g/mol. The van der Waals surface area contributed by atoms with Crippen molar-refractivity contribution in [2.75, 3.05) is 0 Å². The van der Waals surface area contributed by atoms with Crippen molar-refractivity contribution in [1.82, 2.24) is 0 Å². The van der Waals surface area contributed by atoms with Crippen molar-refractivity contribution in [2.24, 2.45) is 0 Å². The van der Waals surface area contributed by atoms with Gasteiger partial charge in [-0.05, 0) is 64.2 Å². The number of allylic oxidation sites excluding steroid dienone is 12. The van der Waals surface area contributed by atoms with E-state index in [4.69, 9.17) is 0 Å².